The summed E-state index contributed by atoms with van der Waals surface area (Å²) < 4.78 is 352. The van der Waals surface area contributed by atoms with Gasteiger partial charge in [-0.2, -0.15) is 127 Å². The van der Waals surface area contributed by atoms with Crippen LogP contribution in [0.5, 0.6) is 0 Å². The van der Waals surface area contributed by atoms with Gasteiger partial charge < -0.3 is 9.47 Å². The highest BCUT2D eigenvalue weighted by molar-refractivity contribution is 7.20. The Morgan fingerprint density at radius 1 is 0.390 bits per heavy atom. The van der Waals surface area contributed by atoms with Crippen molar-refractivity contribution in [3.05, 3.63) is 159 Å². The predicted molar refractivity (Wildman–Crippen MR) is 223 cm³/mol. The molecule has 5 aromatic rings. The van der Waals surface area contributed by atoms with Gasteiger partial charge in [0.05, 0.1) is 58.7 Å². The first-order valence-corrected chi connectivity index (χ1v) is 21.0. The molecule has 0 radical (unpaired) electrons. The molecule has 0 spiro atoms. The van der Waals surface area contributed by atoms with E-state index in [-0.39, 0.29) is 11.5 Å². The lowest BCUT2D eigenvalue weighted by atomic mass is 9.12. The van der Waals surface area contributed by atoms with Crippen LogP contribution >= 0.6 is 0 Å². The number of ether oxygens (including phenoxy) is 2. The van der Waals surface area contributed by atoms with E-state index in [2.05, 4.69) is 0 Å². The van der Waals surface area contributed by atoms with Crippen LogP contribution in [0.2, 0.25) is 0 Å². The maximum atomic E-state index is 14.2. The van der Waals surface area contributed by atoms with E-state index in [0.717, 1.165) is 0 Å². The molecule has 0 fully saturated rings. The van der Waals surface area contributed by atoms with Crippen molar-refractivity contribution in [3.8, 4) is 0 Å². The molecule has 30 heteroatoms. The SMILES string of the molecule is COC(=O)C(C(=O)OC)=C(C[n+]1ccccc1)C(C)C.FC(F)(F)c1cc([B-](c2cc(C(F)(F)F)cc(C(F)(F)F)c2)(c2cc(C(F)(F)F)cc(C(F)(F)F)c2)c2cc(C(F)(F)F)cc(C(F)(F)F)c2)cc(C(F)(F)F)c1. The lowest BCUT2D eigenvalue weighted by molar-refractivity contribution is -0.689. The smallest absolute Gasteiger partial charge is 0.416 e. The van der Waals surface area contributed by atoms with E-state index >= 15 is 0 Å². The summed E-state index contributed by atoms with van der Waals surface area (Å²) in [5.41, 5.74) is -29.6. The van der Waals surface area contributed by atoms with Crippen LogP contribution < -0.4 is 26.4 Å². The Kier molecular flexibility index (Phi) is 17.8. The topological polar surface area (TPSA) is 56.5 Å². The number of hydrogen-bond acceptors (Lipinski definition) is 4. The number of rotatable bonds is 9. The van der Waals surface area contributed by atoms with Crippen molar-refractivity contribution in [2.75, 3.05) is 14.2 Å². The van der Waals surface area contributed by atoms with Crippen molar-refractivity contribution >= 4 is 39.9 Å². The first-order valence-electron chi connectivity index (χ1n) is 21.0. The van der Waals surface area contributed by atoms with E-state index in [1.807, 2.05) is 49.0 Å². The zero-order chi connectivity index (χ0) is 59.0. The molecule has 5 rings (SSSR count). The molecule has 77 heavy (non-hydrogen) atoms. The third-order valence-electron chi connectivity index (χ3n) is 11.4. The highest BCUT2D eigenvalue weighted by Crippen LogP contribution is 2.41. The van der Waals surface area contributed by atoms with Gasteiger partial charge in [-0.15, -0.1) is 0 Å². The molecule has 0 saturated heterocycles. The number of benzene rings is 4. The predicted octanol–water partition coefficient (Wildman–Crippen LogP) is 12.5. The minimum atomic E-state index is -6.13. The number of halogens is 24. The number of hydrogen-bond donors (Lipinski definition) is 0. The van der Waals surface area contributed by atoms with Gasteiger partial charge in [-0.3, -0.25) is 0 Å². The number of pyridine rings is 1. The molecule has 5 nitrogen and oxygen atoms in total. The zero-order valence-electron chi connectivity index (χ0n) is 38.8. The van der Waals surface area contributed by atoms with E-state index in [1.165, 1.54) is 14.2 Å². The molecule has 0 aliphatic heterocycles. The second-order valence-corrected chi connectivity index (χ2v) is 16.8. The van der Waals surface area contributed by atoms with Crippen LogP contribution in [0, 0.1) is 5.92 Å². The molecule has 0 N–H and O–H groups in total. The van der Waals surface area contributed by atoms with Crippen molar-refractivity contribution < 1.29 is 129 Å². The van der Waals surface area contributed by atoms with Crippen molar-refractivity contribution in [2.45, 2.75) is 69.8 Å². The number of aromatic nitrogens is 1. The van der Waals surface area contributed by atoms with Gasteiger partial charge in [0.2, 0.25) is 0 Å². The van der Waals surface area contributed by atoms with Crippen molar-refractivity contribution in [2.24, 2.45) is 5.92 Å². The average Bonchev–Trinajstić information content (AvgIpc) is 3.29. The monoisotopic (exact) mass is 1140 g/mol. The molecular formula is C47H32BF24NO4. The Bertz CT molecular complexity index is 2520. The van der Waals surface area contributed by atoms with E-state index < -0.39 is 207 Å². The fraction of sp³-hybridized carbons (Fsp3) is 0.298. The number of alkyl halides is 24. The highest BCUT2D eigenvalue weighted by Gasteiger charge is 2.47. The normalized spacial score (nSPS) is 13.2. The maximum Gasteiger partial charge on any atom is 0.416 e. The fourth-order valence-electron chi connectivity index (χ4n) is 7.91. The third-order valence-corrected chi connectivity index (χ3v) is 11.4. The Morgan fingerprint density at radius 2 is 0.597 bits per heavy atom. The van der Waals surface area contributed by atoms with E-state index in [4.69, 9.17) is 9.47 Å². The number of nitrogens with zero attached hydrogens (tertiary/aromatic N) is 1. The van der Waals surface area contributed by atoms with Crippen molar-refractivity contribution in [3.63, 3.8) is 0 Å². The maximum absolute atomic E-state index is 14.2. The van der Waals surface area contributed by atoms with Gasteiger partial charge in [-0.05, 0) is 30.2 Å². The van der Waals surface area contributed by atoms with Crippen LogP contribution in [0.25, 0.3) is 0 Å². The summed E-state index contributed by atoms with van der Waals surface area (Å²) in [6.07, 6.45) is -51.1. The molecule has 0 atom stereocenters. The van der Waals surface area contributed by atoms with Gasteiger partial charge in [0.15, 0.2) is 24.5 Å². The number of carbonyl (C=O) groups excluding carboxylic acids is 2. The zero-order valence-corrected chi connectivity index (χ0v) is 38.8. The summed E-state index contributed by atoms with van der Waals surface area (Å²) in [5, 5.41) is 0. The van der Waals surface area contributed by atoms with Gasteiger partial charge in [0.25, 0.3) is 0 Å². The van der Waals surface area contributed by atoms with Crippen LogP contribution in [0.15, 0.2) is 115 Å². The van der Waals surface area contributed by atoms with E-state index in [1.54, 1.807) is 0 Å². The van der Waals surface area contributed by atoms with Gasteiger partial charge >= 0.3 is 61.3 Å². The first-order chi connectivity index (χ1) is 34.8. The van der Waals surface area contributed by atoms with Crippen molar-refractivity contribution in [1.29, 1.82) is 0 Å². The van der Waals surface area contributed by atoms with Gasteiger partial charge in [0, 0.05) is 17.7 Å². The summed E-state index contributed by atoms with van der Waals surface area (Å²) in [6, 6.07) is -3.15. The quantitative estimate of drug-likeness (QED) is 0.0281. The summed E-state index contributed by atoms with van der Waals surface area (Å²) >= 11 is 0. The molecule has 1 heterocycles. The molecule has 0 aliphatic carbocycles. The molecule has 0 amide bonds. The van der Waals surface area contributed by atoms with Crippen molar-refractivity contribution in [1.82, 2.24) is 0 Å². The number of methoxy groups -OCH3 is 2. The molecule has 1 aromatic heterocycles. The number of carbonyl (C=O) groups is 2. The highest BCUT2D eigenvalue weighted by atomic mass is 19.4. The Morgan fingerprint density at radius 3 is 0.766 bits per heavy atom. The second kappa shape index (κ2) is 21.8. The Labute approximate surface area is 417 Å². The van der Waals surface area contributed by atoms with E-state index in [0.29, 0.717) is 12.1 Å². The summed E-state index contributed by atoms with van der Waals surface area (Å²) in [6.45, 7) is 4.27. The molecule has 0 saturated carbocycles. The van der Waals surface area contributed by atoms with E-state index in [9.17, 15) is 115 Å². The minimum Gasteiger partial charge on any atom is -0.465 e. The lowest BCUT2D eigenvalue weighted by Crippen LogP contribution is -2.75. The lowest BCUT2D eigenvalue weighted by Gasteiger charge is -2.46. The number of esters is 2. The summed E-state index contributed by atoms with van der Waals surface area (Å²) in [4.78, 5) is 23.7. The van der Waals surface area contributed by atoms with Crippen LogP contribution in [0.3, 0.4) is 0 Å². The molecule has 0 aliphatic rings. The largest absolute Gasteiger partial charge is 0.465 e. The minimum absolute atomic E-state index is 0.0101. The van der Waals surface area contributed by atoms with Crippen LogP contribution in [-0.4, -0.2) is 32.3 Å². The summed E-state index contributed by atoms with van der Waals surface area (Å²) in [7, 11) is 2.50. The average molecular weight is 1140 g/mol. The molecule has 420 valence electrons. The first kappa shape index (κ1) is 62.6. The van der Waals surface area contributed by atoms with Gasteiger partial charge in [0.1, 0.15) is 6.15 Å². The molecule has 4 aromatic carbocycles. The molecular weight excluding hydrogens is 1110 g/mol. The van der Waals surface area contributed by atoms with Crippen LogP contribution in [0.4, 0.5) is 105 Å². The third kappa shape index (κ3) is 14.8. The Balaban J connectivity index is 0.000000536. The standard InChI is InChI=1S/C32H12BF24.C15H20NO4/c34-25(35,36)13-1-14(26(37,38)39)6-21(5-13)33(22-7-15(27(40,41)42)2-16(8-22)28(43,44)45,23-9-17(29(46,47)48)3-18(10-23)30(49,50)51)24-11-19(31(52,53)54)4-20(12-24)32(55,56)57;1-11(2)12(10-16-8-6-5-7-9-16)13(14(17)19-3)15(18)20-4/h1-12H;5-9,11H,10H2,1-4H3/q-1;+1. The second-order valence-electron chi connectivity index (χ2n) is 16.8. The molecule has 0 bridgehead atoms. The molecule has 0 unspecified atom stereocenters. The fourth-order valence-corrected chi connectivity index (χ4v) is 7.91. The number of allylic oxidation sites excluding steroid dienone is 1. The van der Waals surface area contributed by atoms with Gasteiger partial charge in [-0.1, -0.05) is 68.4 Å². The van der Waals surface area contributed by atoms with Crippen LogP contribution in [-0.2, 0) is 75.0 Å². The Hall–Kier alpha value is -6.91. The van der Waals surface area contributed by atoms with Gasteiger partial charge in [-0.25, -0.2) is 14.2 Å². The van der Waals surface area contributed by atoms with Crippen LogP contribution in [0.1, 0.15) is 58.4 Å². The summed E-state index contributed by atoms with van der Waals surface area (Å²) in [5.74, 6) is -1.33.